The van der Waals surface area contributed by atoms with Crippen LogP contribution in [-0.2, 0) is 9.59 Å². The Kier molecular flexibility index (Phi) is 4.46. The molecule has 5 atom stereocenters. The molecule has 2 N–H and O–H groups in total. The van der Waals surface area contributed by atoms with E-state index in [1.54, 1.807) is 18.9 Å². The van der Waals surface area contributed by atoms with Gasteiger partial charge in [0.2, 0.25) is 11.8 Å². The molecule has 2 aliphatic heterocycles. The molecule has 132 valence electrons. The lowest BCUT2D eigenvalue weighted by Gasteiger charge is -2.44. The number of piperidine rings is 1. The van der Waals surface area contributed by atoms with Gasteiger partial charge in [-0.25, -0.2) is 0 Å². The summed E-state index contributed by atoms with van der Waals surface area (Å²) in [7, 11) is 1.59. The molecule has 5 unspecified atom stereocenters. The normalized spacial score (nSPS) is 33.2. The van der Waals surface area contributed by atoms with Gasteiger partial charge in [-0.2, -0.15) is 0 Å². The van der Waals surface area contributed by atoms with Gasteiger partial charge in [0, 0.05) is 17.2 Å². The minimum Gasteiger partial charge on any atom is -0.495 e. The molecule has 5 nitrogen and oxygen atoms in total. The number of benzene rings is 1. The van der Waals surface area contributed by atoms with Gasteiger partial charge in [-0.15, -0.1) is 11.8 Å². The van der Waals surface area contributed by atoms with Gasteiger partial charge in [0.1, 0.15) is 5.75 Å². The minimum absolute atomic E-state index is 0.00482. The molecule has 4 rings (SSSR count). The van der Waals surface area contributed by atoms with Crippen LogP contribution in [0.15, 0.2) is 35.7 Å². The minimum atomic E-state index is -0.0811. The molecule has 1 saturated heterocycles. The zero-order valence-electron chi connectivity index (χ0n) is 14.1. The third-order valence-corrected chi connectivity index (χ3v) is 6.84. The maximum atomic E-state index is 12.7. The van der Waals surface area contributed by atoms with Crippen molar-refractivity contribution in [2.75, 3.05) is 12.4 Å². The van der Waals surface area contributed by atoms with E-state index in [0.29, 0.717) is 29.0 Å². The molecule has 1 aromatic rings. The van der Waals surface area contributed by atoms with Crippen LogP contribution in [0.1, 0.15) is 19.3 Å². The van der Waals surface area contributed by atoms with Gasteiger partial charge >= 0.3 is 0 Å². The van der Waals surface area contributed by atoms with Crippen LogP contribution in [0.5, 0.6) is 5.75 Å². The molecule has 0 aromatic heterocycles. The predicted octanol–water partition coefficient (Wildman–Crippen LogP) is 2.79. The van der Waals surface area contributed by atoms with Crippen LogP contribution in [0.3, 0.4) is 0 Å². The highest BCUT2D eigenvalue weighted by Gasteiger charge is 2.47. The number of anilines is 1. The number of rotatable bonds is 3. The number of amides is 2. The number of thioether (sulfide) groups is 1. The standard InChI is InChI=1S/C19H22N2O3S/c1-24-16-5-3-2-4-14(16)20-18(22)11-6-7-12-15(10-11)21-19(23)13-8-9-25-17(12)13/h2-5,8-9,11-13,15,17H,6-7,10H2,1H3,(H,20,22)(H,21,23). The van der Waals surface area contributed by atoms with Crippen molar-refractivity contribution in [1.29, 1.82) is 0 Å². The van der Waals surface area contributed by atoms with Crippen molar-refractivity contribution in [1.82, 2.24) is 5.32 Å². The van der Waals surface area contributed by atoms with E-state index in [0.717, 1.165) is 12.8 Å². The Morgan fingerprint density at radius 1 is 1.32 bits per heavy atom. The van der Waals surface area contributed by atoms with Crippen LogP contribution in [0.25, 0.3) is 0 Å². The maximum Gasteiger partial charge on any atom is 0.228 e. The van der Waals surface area contributed by atoms with Crippen molar-refractivity contribution in [3.63, 3.8) is 0 Å². The summed E-state index contributed by atoms with van der Waals surface area (Å²) in [6, 6.07) is 7.53. The molecule has 25 heavy (non-hydrogen) atoms. The summed E-state index contributed by atoms with van der Waals surface area (Å²) in [5.41, 5.74) is 0.695. The molecule has 2 heterocycles. The topological polar surface area (TPSA) is 67.4 Å². The third kappa shape index (κ3) is 3.03. The summed E-state index contributed by atoms with van der Waals surface area (Å²) in [4.78, 5) is 25.0. The molecular weight excluding hydrogens is 336 g/mol. The van der Waals surface area contributed by atoms with Crippen LogP contribution >= 0.6 is 11.8 Å². The van der Waals surface area contributed by atoms with Gasteiger partial charge in [-0.3, -0.25) is 9.59 Å². The number of nitrogens with one attached hydrogen (secondary N) is 2. The predicted molar refractivity (Wildman–Crippen MR) is 98.4 cm³/mol. The molecule has 1 aromatic carbocycles. The van der Waals surface area contributed by atoms with Crippen molar-refractivity contribution in [3.8, 4) is 5.75 Å². The second-order valence-electron chi connectivity index (χ2n) is 6.93. The summed E-state index contributed by atoms with van der Waals surface area (Å²) in [5, 5.41) is 8.54. The van der Waals surface area contributed by atoms with E-state index in [2.05, 4.69) is 16.0 Å². The van der Waals surface area contributed by atoms with E-state index < -0.39 is 0 Å². The van der Waals surface area contributed by atoms with Gasteiger partial charge in [-0.05, 0) is 42.7 Å². The van der Waals surface area contributed by atoms with Crippen LogP contribution in [-0.4, -0.2) is 30.2 Å². The van der Waals surface area contributed by atoms with Crippen molar-refractivity contribution in [2.45, 2.75) is 30.6 Å². The number of hydrogen-bond acceptors (Lipinski definition) is 4. The van der Waals surface area contributed by atoms with E-state index in [9.17, 15) is 9.59 Å². The first kappa shape index (κ1) is 16.5. The summed E-state index contributed by atoms with van der Waals surface area (Å²) in [6.45, 7) is 0. The lowest BCUT2D eigenvalue weighted by Crippen LogP contribution is -2.57. The number of ether oxygens (including phenoxy) is 1. The van der Waals surface area contributed by atoms with Gasteiger partial charge in [0.05, 0.1) is 18.7 Å². The third-order valence-electron chi connectivity index (χ3n) is 5.57. The van der Waals surface area contributed by atoms with E-state index in [1.807, 2.05) is 30.3 Å². The highest BCUT2D eigenvalue weighted by molar-refractivity contribution is 8.03. The fourth-order valence-electron chi connectivity index (χ4n) is 4.27. The Morgan fingerprint density at radius 3 is 3.00 bits per heavy atom. The number of para-hydroxylation sites is 2. The zero-order valence-corrected chi connectivity index (χ0v) is 14.9. The molecule has 0 bridgehead atoms. The Morgan fingerprint density at radius 2 is 2.16 bits per heavy atom. The van der Waals surface area contributed by atoms with E-state index in [-0.39, 0.29) is 29.7 Å². The Hall–Kier alpha value is -1.95. The van der Waals surface area contributed by atoms with Gasteiger partial charge < -0.3 is 15.4 Å². The Labute approximate surface area is 151 Å². The highest BCUT2D eigenvalue weighted by atomic mass is 32.2. The van der Waals surface area contributed by atoms with Crippen LogP contribution < -0.4 is 15.4 Å². The second kappa shape index (κ2) is 6.75. The Bertz CT molecular complexity index is 720. The smallest absolute Gasteiger partial charge is 0.228 e. The SMILES string of the molecule is COc1ccccc1NC(=O)C1CCC2C(C1)NC(=O)C1C=CSC12. The second-order valence-corrected chi connectivity index (χ2v) is 8.02. The zero-order chi connectivity index (χ0) is 17.4. The van der Waals surface area contributed by atoms with Crippen LogP contribution in [0, 0.1) is 17.8 Å². The monoisotopic (exact) mass is 358 g/mol. The molecule has 2 amide bonds. The lowest BCUT2D eigenvalue weighted by atomic mass is 9.71. The van der Waals surface area contributed by atoms with Crippen LogP contribution in [0.2, 0.25) is 0 Å². The first-order chi connectivity index (χ1) is 12.2. The molecule has 0 spiro atoms. The summed E-state index contributed by atoms with van der Waals surface area (Å²) in [6.07, 6.45) is 4.56. The maximum absolute atomic E-state index is 12.7. The summed E-state index contributed by atoms with van der Waals surface area (Å²) >= 11 is 1.77. The van der Waals surface area contributed by atoms with Crippen molar-refractivity contribution >= 4 is 29.3 Å². The number of methoxy groups -OCH3 is 1. The fourth-order valence-corrected chi connectivity index (χ4v) is 5.62. The Balaban J connectivity index is 1.43. The molecule has 0 radical (unpaired) electrons. The lowest BCUT2D eigenvalue weighted by molar-refractivity contribution is -0.130. The van der Waals surface area contributed by atoms with E-state index >= 15 is 0 Å². The molecule has 2 fully saturated rings. The van der Waals surface area contributed by atoms with Gasteiger partial charge in [0.15, 0.2) is 0 Å². The average molecular weight is 358 g/mol. The van der Waals surface area contributed by atoms with Gasteiger partial charge in [-0.1, -0.05) is 18.2 Å². The van der Waals surface area contributed by atoms with Gasteiger partial charge in [0.25, 0.3) is 0 Å². The van der Waals surface area contributed by atoms with E-state index in [4.69, 9.17) is 4.74 Å². The molecule has 3 aliphatic rings. The molecule has 1 aliphatic carbocycles. The van der Waals surface area contributed by atoms with Crippen molar-refractivity contribution < 1.29 is 14.3 Å². The van der Waals surface area contributed by atoms with Crippen molar-refractivity contribution in [2.24, 2.45) is 17.8 Å². The van der Waals surface area contributed by atoms with Crippen LogP contribution in [0.4, 0.5) is 5.69 Å². The number of fused-ring (bicyclic) bond motifs is 3. The van der Waals surface area contributed by atoms with E-state index in [1.165, 1.54) is 0 Å². The first-order valence-corrected chi connectivity index (χ1v) is 9.68. The number of hydrogen-bond donors (Lipinski definition) is 2. The summed E-state index contributed by atoms with van der Waals surface area (Å²) < 4.78 is 5.30. The molecular formula is C19H22N2O3S. The molecule has 6 heteroatoms. The van der Waals surface area contributed by atoms with Crippen molar-refractivity contribution in [3.05, 3.63) is 35.7 Å². The first-order valence-electron chi connectivity index (χ1n) is 8.74. The highest BCUT2D eigenvalue weighted by Crippen LogP contribution is 2.45. The average Bonchev–Trinajstić information content (AvgIpc) is 3.12. The quantitative estimate of drug-likeness (QED) is 0.872. The fraction of sp³-hybridized carbons (Fsp3) is 0.474. The largest absolute Gasteiger partial charge is 0.495 e. The number of carbonyl (C=O) groups is 2. The number of carbonyl (C=O) groups excluding carboxylic acids is 2. The summed E-state index contributed by atoms with van der Waals surface area (Å²) in [5.74, 6) is 1.16. The molecule has 1 saturated carbocycles.